The van der Waals surface area contributed by atoms with E-state index in [0.717, 1.165) is 11.4 Å². The predicted molar refractivity (Wildman–Crippen MR) is 117 cm³/mol. The molecule has 2 aromatic carbocycles. The summed E-state index contributed by atoms with van der Waals surface area (Å²) in [6.45, 7) is 7.25. The van der Waals surface area contributed by atoms with Crippen molar-refractivity contribution in [1.29, 1.82) is 0 Å². The molecule has 1 heterocycles. The van der Waals surface area contributed by atoms with Crippen LogP contribution in [0.15, 0.2) is 52.4 Å². The molecular weight excluding hydrogens is 388 g/mol. The highest BCUT2D eigenvalue weighted by molar-refractivity contribution is 8.18. The fourth-order valence-electron chi connectivity index (χ4n) is 2.83. The maximum Gasteiger partial charge on any atom is 0.266 e. The first-order chi connectivity index (χ1) is 14.1. The van der Waals surface area contributed by atoms with Crippen molar-refractivity contribution in [2.75, 3.05) is 19.8 Å². The van der Waals surface area contributed by atoms with Gasteiger partial charge >= 0.3 is 0 Å². The minimum atomic E-state index is -0.136. The Morgan fingerprint density at radius 2 is 1.79 bits per heavy atom. The van der Waals surface area contributed by atoms with Crippen LogP contribution in [0.3, 0.4) is 0 Å². The molecule has 29 heavy (non-hydrogen) atoms. The summed E-state index contributed by atoms with van der Waals surface area (Å²) >= 11 is 1.29. The zero-order valence-electron chi connectivity index (χ0n) is 16.7. The van der Waals surface area contributed by atoms with Gasteiger partial charge in [0.05, 0.1) is 23.8 Å². The highest BCUT2D eigenvalue weighted by Gasteiger charge is 2.32. The first kappa shape index (κ1) is 20.8. The molecule has 3 rings (SSSR count). The number of carbonyl (C=O) groups excluding carboxylic acids is 1. The molecule has 0 aliphatic carbocycles. The van der Waals surface area contributed by atoms with Crippen LogP contribution in [0.1, 0.15) is 26.3 Å². The third-order valence-electron chi connectivity index (χ3n) is 4.19. The second-order valence-corrected chi connectivity index (χ2v) is 7.12. The summed E-state index contributed by atoms with van der Waals surface area (Å²) in [5, 5.41) is 11.0. The summed E-state index contributed by atoms with van der Waals surface area (Å²) in [6, 6.07) is 12.7. The maximum absolute atomic E-state index is 12.8. The number of nitrogens with zero attached hydrogens (tertiary/aromatic N) is 2. The van der Waals surface area contributed by atoms with Gasteiger partial charge in [-0.2, -0.15) is 0 Å². The van der Waals surface area contributed by atoms with Crippen LogP contribution < -0.4 is 9.47 Å². The SMILES string of the molecule is CCOc1ccc(N=C2S/C(=C\c3cccc(OCC)c3O)C(=O)N2CC)cc1. The van der Waals surface area contributed by atoms with Crippen LogP contribution in [0.2, 0.25) is 0 Å². The number of para-hydroxylation sites is 1. The van der Waals surface area contributed by atoms with Crippen LogP contribution in [-0.2, 0) is 4.79 Å². The molecule has 0 aromatic heterocycles. The van der Waals surface area contributed by atoms with Crippen molar-refractivity contribution in [1.82, 2.24) is 4.90 Å². The van der Waals surface area contributed by atoms with Gasteiger partial charge in [0.2, 0.25) is 0 Å². The quantitative estimate of drug-likeness (QED) is 0.661. The average Bonchev–Trinajstić information content (AvgIpc) is 3.01. The number of ether oxygens (including phenoxy) is 2. The van der Waals surface area contributed by atoms with Crippen LogP contribution in [0.25, 0.3) is 6.08 Å². The summed E-state index contributed by atoms with van der Waals surface area (Å²) in [7, 11) is 0. The average molecular weight is 413 g/mol. The Balaban J connectivity index is 1.89. The molecule has 0 atom stereocenters. The second-order valence-electron chi connectivity index (χ2n) is 6.11. The third-order valence-corrected chi connectivity index (χ3v) is 5.20. The van der Waals surface area contributed by atoms with Gasteiger partial charge in [-0.05, 0) is 68.9 Å². The van der Waals surface area contributed by atoms with E-state index in [4.69, 9.17) is 9.47 Å². The molecule has 7 heteroatoms. The third kappa shape index (κ3) is 4.74. The molecule has 2 aromatic rings. The lowest BCUT2D eigenvalue weighted by atomic mass is 10.1. The molecule has 1 aliphatic heterocycles. The number of amides is 1. The fraction of sp³-hybridized carbons (Fsp3) is 0.273. The van der Waals surface area contributed by atoms with E-state index in [0.29, 0.717) is 41.1 Å². The largest absolute Gasteiger partial charge is 0.504 e. The first-order valence-electron chi connectivity index (χ1n) is 9.55. The summed E-state index contributed by atoms with van der Waals surface area (Å²) in [4.78, 5) is 19.6. The van der Waals surface area contributed by atoms with Crippen molar-refractivity contribution < 1.29 is 19.4 Å². The topological polar surface area (TPSA) is 71.4 Å². The van der Waals surface area contributed by atoms with E-state index >= 15 is 0 Å². The monoisotopic (exact) mass is 412 g/mol. The summed E-state index contributed by atoms with van der Waals surface area (Å²) in [6.07, 6.45) is 1.67. The molecule has 1 amide bonds. The Labute approximate surface area is 174 Å². The molecule has 1 saturated heterocycles. The Morgan fingerprint density at radius 3 is 2.45 bits per heavy atom. The zero-order chi connectivity index (χ0) is 20.8. The number of hydrogen-bond acceptors (Lipinski definition) is 6. The lowest BCUT2D eigenvalue weighted by Gasteiger charge is -2.12. The van der Waals surface area contributed by atoms with Crippen molar-refractivity contribution in [2.24, 2.45) is 4.99 Å². The number of aliphatic imine (C=N–C) groups is 1. The number of amidine groups is 1. The molecule has 6 nitrogen and oxygen atoms in total. The lowest BCUT2D eigenvalue weighted by molar-refractivity contribution is -0.122. The molecule has 1 fully saturated rings. The van der Waals surface area contributed by atoms with Crippen LogP contribution in [0, 0.1) is 0 Å². The number of likely N-dealkylation sites (N-methyl/N-ethyl adjacent to an activating group) is 1. The Hall–Kier alpha value is -2.93. The number of hydrogen-bond donors (Lipinski definition) is 1. The van der Waals surface area contributed by atoms with E-state index in [9.17, 15) is 9.90 Å². The standard InChI is InChI=1S/C22H24N2O4S/c1-4-24-21(26)19(14-15-8-7-9-18(20(15)25)28-6-3)29-22(24)23-16-10-12-17(13-11-16)27-5-2/h7-14,25H,4-6H2,1-3H3/b19-14-,23-22?. The molecule has 1 aliphatic rings. The minimum Gasteiger partial charge on any atom is -0.504 e. The minimum absolute atomic E-state index is 0.0233. The first-order valence-corrected chi connectivity index (χ1v) is 10.4. The Kier molecular flexibility index (Phi) is 6.82. The molecule has 0 bridgehead atoms. The molecular formula is C22H24N2O4S. The highest BCUT2D eigenvalue weighted by Crippen LogP contribution is 2.37. The van der Waals surface area contributed by atoms with Gasteiger partial charge in [0.1, 0.15) is 5.75 Å². The molecule has 0 spiro atoms. The number of rotatable bonds is 7. The number of thioether (sulfide) groups is 1. The van der Waals surface area contributed by atoms with Gasteiger partial charge in [0.25, 0.3) is 5.91 Å². The van der Waals surface area contributed by atoms with Gasteiger partial charge in [-0.15, -0.1) is 0 Å². The smallest absolute Gasteiger partial charge is 0.266 e. The molecule has 0 unspecified atom stereocenters. The Morgan fingerprint density at radius 1 is 1.07 bits per heavy atom. The van der Waals surface area contributed by atoms with Crippen molar-refractivity contribution in [2.45, 2.75) is 20.8 Å². The van der Waals surface area contributed by atoms with E-state index in [-0.39, 0.29) is 11.7 Å². The van der Waals surface area contributed by atoms with Gasteiger partial charge in [-0.1, -0.05) is 12.1 Å². The van der Waals surface area contributed by atoms with Crippen molar-refractivity contribution in [3.63, 3.8) is 0 Å². The van der Waals surface area contributed by atoms with Crippen LogP contribution in [0.5, 0.6) is 17.2 Å². The maximum atomic E-state index is 12.8. The van der Waals surface area contributed by atoms with E-state index in [1.54, 1.807) is 29.2 Å². The predicted octanol–water partition coefficient (Wildman–Crippen LogP) is 4.81. The number of carbonyl (C=O) groups is 1. The number of benzene rings is 2. The van der Waals surface area contributed by atoms with Gasteiger partial charge < -0.3 is 14.6 Å². The summed E-state index contributed by atoms with van der Waals surface area (Å²) < 4.78 is 10.9. The molecule has 152 valence electrons. The zero-order valence-corrected chi connectivity index (χ0v) is 17.5. The van der Waals surface area contributed by atoms with Crippen molar-refractivity contribution in [3.05, 3.63) is 52.9 Å². The Bertz CT molecular complexity index is 938. The summed E-state index contributed by atoms with van der Waals surface area (Å²) in [5.74, 6) is 1.07. The number of aromatic hydroxyl groups is 1. The van der Waals surface area contributed by atoms with Gasteiger partial charge in [0, 0.05) is 12.1 Å². The summed E-state index contributed by atoms with van der Waals surface area (Å²) in [5.41, 5.74) is 1.27. The molecule has 0 radical (unpaired) electrons. The van der Waals surface area contributed by atoms with Crippen LogP contribution in [0.4, 0.5) is 5.69 Å². The van der Waals surface area contributed by atoms with E-state index in [2.05, 4.69) is 4.99 Å². The van der Waals surface area contributed by atoms with E-state index in [1.807, 2.05) is 45.0 Å². The van der Waals surface area contributed by atoms with Gasteiger partial charge in [-0.25, -0.2) is 4.99 Å². The fourth-order valence-corrected chi connectivity index (χ4v) is 3.89. The van der Waals surface area contributed by atoms with Crippen LogP contribution in [-0.4, -0.2) is 40.8 Å². The lowest BCUT2D eigenvalue weighted by Crippen LogP contribution is -2.28. The van der Waals surface area contributed by atoms with Gasteiger partial charge in [-0.3, -0.25) is 9.69 Å². The van der Waals surface area contributed by atoms with Crippen molar-refractivity contribution >= 4 is 34.6 Å². The normalized spacial score (nSPS) is 16.7. The molecule has 0 saturated carbocycles. The number of phenols is 1. The van der Waals surface area contributed by atoms with Crippen LogP contribution >= 0.6 is 11.8 Å². The van der Waals surface area contributed by atoms with E-state index < -0.39 is 0 Å². The molecule has 1 N–H and O–H groups in total. The van der Waals surface area contributed by atoms with Crippen molar-refractivity contribution in [3.8, 4) is 17.2 Å². The van der Waals surface area contributed by atoms with E-state index in [1.165, 1.54) is 11.8 Å². The number of phenolic OH excluding ortho intramolecular Hbond substituents is 1. The second kappa shape index (κ2) is 9.52. The highest BCUT2D eigenvalue weighted by atomic mass is 32.2. The van der Waals surface area contributed by atoms with Gasteiger partial charge in [0.15, 0.2) is 16.7 Å².